The highest BCUT2D eigenvalue weighted by molar-refractivity contribution is 5.75. The van der Waals surface area contributed by atoms with E-state index in [9.17, 15) is 0 Å². The molecule has 0 aromatic rings. The van der Waals surface area contributed by atoms with Crippen LogP contribution in [-0.2, 0) is 4.74 Å². The number of ether oxygens (including phenoxy) is 1. The molecule has 8 heavy (non-hydrogen) atoms. The first-order chi connectivity index (χ1) is 3.85. The summed E-state index contributed by atoms with van der Waals surface area (Å²) in [5.74, 6) is 0.729. The number of nitrogens with zero attached hydrogens (tertiary/aromatic N) is 1. The number of nitrogens with one attached hydrogen (secondary N) is 1. The second-order valence-corrected chi connectivity index (χ2v) is 1.29. The third kappa shape index (κ3) is 2.44. The molecule has 0 heterocycles. The Labute approximate surface area is 49.7 Å². The number of rotatable bonds is 2. The lowest BCUT2D eigenvalue weighted by atomic mass is 10.5. The standard InChI is InChI=1S/C5H12N2O/c1-4-5(8-3)7-6-2/h6H,4H2,1-3H3/b7-5+. The number of methoxy groups -OCH3 is 1. The Morgan fingerprint density at radius 1 is 1.75 bits per heavy atom. The zero-order chi connectivity index (χ0) is 6.41. The van der Waals surface area contributed by atoms with E-state index in [4.69, 9.17) is 4.74 Å². The maximum atomic E-state index is 4.83. The first-order valence-corrected chi connectivity index (χ1v) is 2.62. The predicted molar refractivity (Wildman–Crippen MR) is 33.8 cm³/mol. The predicted octanol–water partition coefficient (Wildman–Crippen LogP) is 0.576. The van der Waals surface area contributed by atoms with Crippen LogP contribution < -0.4 is 5.43 Å². The van der Waals surface area contributed by atoms with Crippen LogP contribution in [0.1, 0.15) is 13.3 Å². The van der Waals surface area contributed by atoms with Gasteiger partial charge in [0.25, 0.3) is 0 Å². The molecular formula is C5H12N2O. The lowest BCUT2D eigenvalue weighted by Crippen LogP contribution is -2.05. The Hall–Kier alpha value is -0.730. The highest BCUT2D eigenvalue weighted by Gasteiger charge is 1.87. The van der Waals surface area contributed by atoms with Gasteiger partial charge in [0.15, 0.2) is 0 Å². The lowest BCUT2D eigenvalue weighted by Gasteiger charge is -1.98. The first kappa shape index (κ1) is 7.27. The molecule has 0 aromatic heterocycles. The Morgan fingerprint density at radius 3 is 2.50 bits per heavy atom. The van der Waals surface area contributed by atoms with Crippen LogP contribution in [0.2, 0.25) is 0 Å². The van der Waals surface area contributed by atoms with Crippen LogP contribution in [0.15, 0.2) is 5.10 Å². The highest BCUT2D eigenvalue weighted by atomic mass is 16.5. The Balaban J connectivity index is 3.49. The van der Waals surface area contributed by atoms with Crippen molar-refractivity contribution in [2.24, 2.45) is 5.10 Å². The summed E-state index contributed by atoms with van der Waals surface area (Å²) in [6.45, 7) is 1.99. The van der Waals surface area contributed by atoms with Crippen LogP contribution in [0.4, 0.5) is 0 Å². The third-order valence-corrected chi connectivity index (χ3v) is 0.775. The Morgan fingerprint density at radius 2 is 2.38 bits per heavy atom. The Kier molecular flexibility index (Phi) is 4.03. The summed E-state index contributed by atoms with van der Waals surface area (Å²) < 4.78 is 4.83. The van der Waals surface area contributed by atoms with E-state index >= 15 is 0 Å². The van der Waals surface area contributed by atoms with Gasteiger partial charge in [-0.2, -0.15) is 0 Å². The highest BCUT2D eigenvalue weighted by Crippen LogP contribution is 1.82. The average Bonchev–Trinajstić information content (AvgIpc) is 1.83. The monoisotopic (exact) mass is 116 g/mol. The maximum absolute atomic E-state index is 4.83. The average molecular weight is 116 g/mol. The van der Waals surface area contributed by atoms with Crippen molar-refractivity contribution in [1.82, 2.24) is 5.43 Å². The molecule has 0 fully saturated rings. The van der Waals surface area contributed by atoms with Gasteiger partial charge >= 0.3 is 0 Å². The van der Waals surface area contributed by atoms with E-state index in [-0.39, 0.29) is 0 Å². The fourth-order valence-electron chi connectivity index (χ4n) is 0.394. The van der Waals surface area contributed by atoms with Crippen LogP contribution in [0, 0.1) is 0 Å². The van der Waals surface area contributed by atoms with Gasteiger partial charge in [-0.25, -0.2) is 0 Å². The van der Waals surface area contributed by atoms with Crippen molar-refractivity contribution >= 4 is 5.90 Å². The van der Waals surface area contributed by atoms with Gasteiger partial charge in [0.05, 0.1) is 7.11 Å². The van der Waals surface area contributed by atoms with Gasteiger partial charge in [-0.1, -0.05) is 6.92 Å². The van der Waals surface area contributed by atoms with Gasteiger partial charge in [0, 0.05) is 13.5 Å². The summed E-state index contributed by atoms with van der Waals surface area (Å²) in [7, 11) is 3.36. The molecule has 48 valence electrons. The fourth-order valence-corrected chi connectivity index (χ4v) is 0.394. The molecule has 0 aliphatic rings. The van der Waals surface area contributed by atoms with Crippen LogP contribution in [-0.4, -0.2) is 20.1 Å². The van der Waals surface area contributed by atoms with Crippen molar-refractivity contribution < 1.29 is 4.74 Å². The second kappa shape index (κ2) is 4.43. The molecule has 0 radical (unpaired) electrons. The number of hydrazone groups is 1. The summed E-state index contributed by atoms with van der Waals surface area (Å²) in [6, 6.07) is 0. The van der Waals surface area contributed by atoms with Crippen molar-refractivity contribution in [1.29, 1.82) is 0 Å². The van der Waals surface area contributed by atoms with E-state index in [1.165, 1.54) is 0 Å². The van der Waals surface area contributed by atoms with E-state index in [2.05, 4.69) is 10.5 Å². The summed E-state index contributed by atoms with van der Waals surface area (Å²) in [5, 5.41) is 3.81. The van der Waals surface area contributed by atoms with Crippen molar-refractivity contribution in [3.05, 3.63) is 0 Å². The van der Waals surface area contributed by atoms with Crippen molar-refractivity contribution in [3.8, 4) is 0 Å². The third-order valence-electron chi connectivity index (χ3n) is 0.775. The number of hydrogen-bond acceptors (Lipinski definition) is 3. The Bertz CT molecular complexity index is 74.5. The molecule has 0 bridgehead atoms. The van der Waals surface area contributed by atoms with Gasteiger partial charge in [0.1, 0.15) is 0 Å². The molecular weight excluding hydrogens is 104 g/mol. The molecule has 0 unspecified atom stereocenters. The van der Waals surface area contributed by atoms with Crippen molar-refractivity contribution in [2.75, 3.05) is 14.2 Å². The lowest BCUT2D eigenvalue weighted by molar-refractivity contribution is 0.387. The molecule has 0 aliphatic carbocycles. The quantitative estimate of drug-likeness (QED) is 0.325. The minimum atomic E-state index is 0.729. The van der Waals surface area contributed by atoms with Crippen molar-refractivity contribution in [3.63, 3.8) is 0 Å². The van der Waals surface area contributed by atoms with Gasteiger partial charge in [0.2, 0.25) is 5.90 Å². The molecule has 0 spiro atoms. The molecule has 0 aliphatic heterocycles. The first-order valence-electron chi connectivity index (χ1n) is 2.62. The maximum Gasteiger partial charge on any atom is 0.205 e. The summed E-state index contributed by atoms with van der Waals surface area (Å²) >= 11 is 0. The van der Waals surface area contributed by atoms with Gasteiger partial charge in [-0.3, -0.25) is 0 Å². The minimum Gasteiger partial charge on any atom is -0.483 e. The summed E-state index contributed by atoms with van der Waals surface area (Å²) in [4.78, 5) is 0. The molecule has 3 nitrogen and oxygen atoms in total. The van der Waals surface area contributed by atoms with Crippen LogP contribution >= 0.6 is 0 Å². The minimum absolute atomic E-state index is 0.729. The normalized spacial score (nSPS) is 11.1. The van der Waals surface area contributed by atoms with E-state index < -0.39 is 0 Å². The van der Waals surface area contributed by atoms with E-state index in [1.54, 1.807) is 14.2 Å². The molecule has 1 N–H and O–H groups in total. The largest absolute Gasteiger partial charge is 0.483 e. The van der Waals surface area contributed by atoms with Crippen LogP contribution in [0.3, 0.4) is 0 Å². The van der Waals surface area contributed by atoms with Crippen LogP contribution in [0.5, 0.6) is 0 Å². The van der Waals surface area contributed by atoms with E-state index in [1.807, 2.05) is 6.92 Å². The molecule has 0 saturated carbocycles. The topological polar surface area (TPSA) is 33.6 Å². The molecule has 0 atom stereocenters. The van der Waals surface area contributed by atoms with Crippen LogP contribution in [0.25, 0.3) is 0 Å². The molecule has 3 heteroatoms. The zero-order valence-electron chi connectivity index (χ0n) is 5.56. The summed E-state index contributed by atoms with van der Waals surface area (Å²) in [6.07, 6.45) is 0.831. The zero-order valence-corrected chi connectivity index (χ0v) is 5.56. The van der Waals surface area contributed by atoms with Gasteiger partial charge in [-0.15, -0.1) is 5.10 Å². The smallest absolute Gasteiger partial charge is 0.205 e. The SMILES string of the molecule is CC/C(=N\NC)OC. The number of hydrogen-bond donors (Lipinski definition) is 1. The molecule has 0 aromatic carbocycles. The van der Waals surface area contributed by atoms with E-state index in [0.717, 1.165) is 12.3 Å². The molecule has 0 amide bonds. The van der Waals surface area contributed by atoms with Gasteiger partial charge < -0.3 is 10.2 Å². The van der Waals surface area contributed by atoms with E-state index in [0.29, 0.717) is 0 Å². The second-order valence-electron chi connectivity index (χ2n) is 1.29. The molecule has 0 saturated heterocycles. The van der Waals surface area contributed by atoms with Gasteiger partial charge in [-0.05, 0) is 0 Å². The summed E-state index contributed by atoms with van der Waals surface area (Å²) in [5.41, 5.74) is 2.63. The van der Waals surface area contributed by atoms with Crippen molar-refractivity contribution in [2.45, 2.75) is 13.3 Å². The molecule has 0 rings (SSSR count). The fraction of sp³-hybridized carbons (Fsp3) is 0.800.